The van der Waals surface area contributed by atoms with Crippen LogP contribution in [-0.4, -0.2) is 14.2 Å². The zero-order chi connectivity index (χ0) is 15.2. The van der Waals surface area contributed by atoms with Gasteiger partial charge in [0.1, 0.15) is 0 Å². The maximum absolute atomic E-state index is 9.03. The smallest absolute Gasteiger partial charge is 0.161 e. The fourth-order valence-corrected chi connectivity index (χ4v) is 2.16. The molecular weight excluding hydrogens is 286 g/mol. The summed E-state index contributed by atoms with van der Waals surface area (Å²) in [6.45, 7) is 0. The van der Waals surface area contributed by atoms with E-state index in [9.17, 15) is 0 Å². The van der Waals surface area contributed by atoms with Gasteiger partial charge in [-0.15, -0.1) is 0 Å². The monoisotopic (exact) mass is 299 g/mol. The van der Waals surface area contributed by atoms with Crippen molar-refractivity contribution in [1.29, 1.82) is 5.26 Å². The highest BCUT2D eigenvalue weighted by molar-refractivity contribution is 6.30. The summed E-state index contributed by atoms with van der Waals surface area (Å²) in [5.74, 6) is 1.27. The van der Waals surface area contributed by atoms with Crippen LogP contribution in [0.1, 0.15) is 11.1 Å². The Morgan fingerprint density at radius 3 is 2.19 bits per heavy atom. The van der Waals surface area contributed by atoms with Crippen LogP contribution < -0.4 is 9.47 Å². The first-order valence-electron chi connectivity index (χ1n) is 6.27. The predicted molar refractivity (Wildman–Crippen MR) is 83.7 cm³/mol. The second-order valence-corrected chi connectivity index (χ2v) is 4.70. The van der Waals surface area contributed by atoms with Gasteiger partial charge in [-0.2, -0.15) is 5.26 Å². The van der Waals surface area contributed by atoms with Crippen molar-refractivity contribution < 1.29 is 9.47 Å². The molecule has 0 aliphatic carbocycles. The molecule has 106 valence electrons. The fourth-order valence-electron chi connectivity index (χ4n) is 2.03. The summed E-state index contributed by atoms with van der Waals surface area (Å²) in [6.07, 6.45) is 1.50. The molecule has 4 heteroatoms. The topological polar surface area (TPSA) is 42.2 Å². The van der Waals surface area contributed by atoms with Crippen LogP contribution in [0.15, 0.2) is 48.5 Å². The molecule has 0 radical (unpaired) electrons. The minimum absolute atomic E-state index is 0.618. The van der Waals surface area contributed by atoms with Gasteiger partial charge in [-0.05, 0) is 41.0 Å². The molecule has 0 saturated carbocycles. The van der Waals surface area contributed by atoms with Crippen LogP contribution in [0.3, 0.4) is 0 Å². The average Bonchev–Trinajstić information content (AvgIpc) is 2.53. The number of hydrogen-bond acceptors (Lipinski definition) is 3. The lowest BCUT2D eigenvalue weighted by atomic mass is 9.97. The molecule has 0 spiro atoms. The third-order valence-corrected chi connectivity index (χ3v) is 3.31. The van der Waals surface area contributed by atoms with Crippen LogP contribution in [0.25, 0.3) is 5.57 Å². The summed E-state index contributed by atoms with van der Waals surface area (Å²) in [6, 6.07) is 15.0. The number of benzene rings is 2. The van der Waals surface area contributed by atoms with Gasteiger partial charge < -0.3 is 9.47 Å². The Morgan fingerprint density at radius 1 is 1.00 bits per heavy atom. The quantitative estimate of drug-likeness (QED) is 0.790. The molecule has 2 aromatic carbocycles. The summed E-state index contributed by atoms with van der Waals surface area (Å²) in [4.78, 5) is 0. The van der Waals surface area contributed by atoms with Crippen molar-refractivity contribution in [2.75, 3.05) is 14.2 Å². The third-order valence-electron chi connectivity index (χ3n) is 3.06. The van der Waals surface area contributed by atoms with Crippen molar-refractivity contribution in [1.82, 2.24) is 0 Å². The standard InChI is InChI=1S/C17H14ClNO2/c1-20-16-8-5-13(11-17(16)21-2)15(9-10-19)12-3-6-14(18)7-4-12/h3-9,11H,1-2H3. The number of hydrogen-bond donors (Lipinski definition) is 0. The van der Waals surface area contributed by atoms with E-state index in [2.05, 4.69) is 6.07 Å². The van der Waals surface area contributed by atoms with Gasteiger partial charge in [-0.3, -0.25) is 0 Å². The molecular formula is C17H14ClNO2. The normalized spacial score (nSPS) is 10.9. The van der Waals surface area contributed by atoms with E-state index in [1.54, 1.807) is 26.4 Å². The van der Waals surface area contributed by atoms with E-state index in [1.165, 1.54) is 6.08 Å². The molecule has 21 heavy (non-hydrogen) atoms. The van der Waals surface area contributed by atoms with Gasteiger partial charge in [-0.1, -0.05) is 29.8 Å². The van der Waals surface area contributed by atoms with Crippen molar-refractivity contribution in [3.8, 4) is 17.6 Å². The molecule has 0 heterocycles. The van der Waals surface area contributed by atoms with Gasteiger partial charge in [0.2, 0.25) is 0 Å². The van der Waals surface area contributed by atoms with Crippen LogP contribution in [0.4, 0.5) is 0 Å². The number of halogens is 1. The van der Waals surface area contributed by atoms with Gasteiger partial charge in [0.25, 0.3) is 0 Å². The molecule has 0 saturated heterocycles. The number of nitrogens with zero attached hydrogens (tertiary/aromatic N) is 1. The van der Waals surface area contributed by atoms with Gasteiger partial charge in [0.15, 0.2) is 11.5 Å². The lowest BCUT2D eigenvalue weighted by molar-refractivity contribution is 0.355. The summed E-state index contributed by atoms with van der Waals surface area (Å²) in [7, 11) is 3.17. The van der Waals surface area contributed by atoms with Gasteiger partial charge >= 0.3 is 0 Å². The first-order chi connectivity index (χ1) is 10.2. The lowest BCUT2D eigenvalue weighted by Gasteiger charge is -2.12. The predicted octanol–water partition coefficient (Wildman–Crippen LogP) is 4.31. The maximum Gasteiger partial charge on any atom is 0.161 e. The Hall–Kier alpha value is -2.44. The van der Waals surface area contributed by atoms with Crippen molar-refractivity contribution in [3.05, 3.63) is 64.7 Å². The number of rotatable bonds is 4. The summed E-state index contributed by atoms with van der Waals surface area (Å²) in [5.41, 5.74) is 2.58. The maximum atomic E-state index is 9.03. The largest absolute Gasteiger partial charge is 0.493 e. The Labute approximate surface area is 129 Å². The molecule has 0 amide bonds. The SMILES string of the molecule is COc1ccc(C(=CC#N)c2ccc(Cl)cc2)cc1OC. The first-order valence-corrected chi connectivity index (χ1v) is 6.65. The molecule has 0 aliphatic rings. The lowest BCUT2D eigenvalue weighted by Crippen LogP contribution is -1.93. The van der Waals surface area contributed by atoms with Crippen molar-refractivity contribution in [2.24, 2.45) is 0 Å². The van der Waals surface area contributed by atoms with Gasteiger partial charge in [0.05, 0.1) is 20.3 Å². The first kappa shape index (κ1) is 15.0. The molecule has 2 rings (SSSR count). The molecule has 0 unspecified atom stereocenters. The minimum atomic E-state index is 0.618. The molecule has 0 aliphatic heterocycles. The Balaban J connectivity index is 2.52. The second-order valence-electron chi connectivity index (χ2n) is 4.26. The number of nitriles is 1. The van der Waals surface area contributed by atoms with Crippen molar-refractivity contribution >= 4 is 17.2 Å². The van der Waals surface area contributed by atoms with E-state index < -0.39 is 0 Å². The molecule has 0 atom stereocenters. The number of methoxy groups -OCH3 is 2. The van der Waals surface area contributed by atoms with Crippen molar-refractivity contribution in [2.45, 2.75) is 0 Å². The van der Waals surface area contributed by atoms with Crippen molar-refractivity contribution in [3.63, 3.8) is 0 Å². The third kappa shape index (κ3) is 3.36. The minimum Gasteiger partial charge on any atom is -0.493 e. The van der Waals surface area contributed by atoms with E-state index in [4.69, 9.17) is 26.3 Å². The molecule has 0 fully saturated rings. The van der Waals surface area contributed by atoms with Crippen LogP contribution >= 0.6 is 11.6 Å². The zero-order valence-corrected chi connectivity index (χ0v) is 12.5. The summed E-state index contributed by atoms with van der Waals surface area (Å²) >= 11 is 5.91. The zero-order valence-electron chi connectivity index (χ0n) is 11.8. The van der Waals surface area contributed by atoms with E-state index >= 15 is 0 Å². The molecule has 2 aromatic rings. The van der Waals surface area contributed by atoms with Gasteiger partial charge in [0, 0.05) is 11.1 Å². The summed E-state index contributed by atoms with van der Waals surface area (Å²) in [5, 5.41) is 9.69. The average molecular weight is 300 g/mol. The Kier molecular flexibility index (Phi) is 4.86. The van der Waals surface area contributed by atoms with E-state index in [0.717, 1.165) is 16.7 Å². The van der Waals surface area contributed by atoms with E-state index in [-0.39, 0.29) is 0 Å². The number of allylic oxidation sites excluding steroid dienone is 1. The summed E-state index contributed by atoms with van der Waals surface area (Å²) < 4.78 is 10.5. The van der Waals surface area contributed by atoms with Crippen LogP contribution in [0.2, 0.25) is 5.02 Å². The highest BCUT2D eigenvalue weighted by Crippen LogP contribution is 2.33. The molecule has 0 aromatic heterocycles. The van der Waals surface area contributed by atoms with E-state index in [1.807, 2.05) is 30.3 Å². The fraction of sp³-hybridized carbons (Fsp3) is 0.118. The Morgan fingerprint density at radius 2 is 1.62 bits per heavy atom. The highest BCUT2D eigenvalue weighted by Gasteiger charge is 2.10. The molecule has 0 N–H and O–H groups in total. The molecule has 0 bridgehead atoms. The highest BCUT2D eigenvalue weighted by atomic mass is 35.5. The van der Waals surface area contributed by atoms with Crippen LogP contribution in [0.5, 0.6) is 11.5 Å². The van der Waals surface area contributed by atoms with Crippen LogP contribution in [0, 0.1) is 11.3 Å². The van der Waals surface area contributed by atoms with Gasteiger partial charge in [-0.25, -0.2) is 0 Å². The second kappa shape index (κ2) is 6.83. The number of ether oxygens (including phenoxy) is 2. The molecule has 3 nitrogen and oxygen atoms in total. The Bertz CT molecular complexity index is 700. The van der Waals surface area contributed by atoms with Crippen LogP contribution in [-0.2, 0) is 0 Å². The van der Waals surface area contributed by atoms with E-state index in [0.29, 0.717) is 16.5 Å².